The van der Waals surface area contributed by atoms with E-state index in [0.717, 1.165) is 30.5 Å². The summed E-state index contributed by atoms with van der Waals surface area (Å²) in [4.78, 5) is 51.8. The van der Waals surface area contributed by atoms with Crippen LogP contribution in [0.25, 0.3) is 0 Å². The molecule has 9 N–H and O–H groups in total. The fourth-order valence-electron chi connectivity index (χ4n) is 6.08. The van der Waals surface area contributed by atoms with Crippen molar-refractivity contribution in [2.75, 3.05) is 39.9 Å². The number of hydrogen-bond donors (Lipinski definition) is 8. The van der Waals surface area contributed by atoms with E-state index in [4.69, 9.17) is 31.1 Å². The molecule has 0 aliphatic carbocycles. The van der Waals surface area contributed by atoms with Crippen molar-refractivity contribution in [3.8, 4) is 5.75 Å². The number of thioether (sulfide) groups is 1. The van der Waals surface area contributed by atoms with E-state index in [-0.39, 0.29) is 47.4 Å². The molecule has 2 heterocycles. The number of benzene rings is 1. The highest BCUT2D eigenvalue weighted by Crippen LogP contribution is 2.32. The normalized spacial score (nSPS) is 17.9. The van der Waals surface area contributed by atoms with Gasteiger partial charge in [-0.15, -0.1) is 11.8 Å². The zero-order valence-electron chi connectivity index (χ0n) is 35.1. The third-order valence-corrected chi connectivity index (χ3v) is 10.6. The molecule has 15 nitrogen and oxygen atoms in total. The fourth-order valence-corrected chi connectivity index (χ4v) is 7.22. The van der Waals surface area contributed by atoms with Gasteiger partial charge in [0.1, 0.15) is 23.4 Å². The van der Waals surface area contributed by atoms with Crippen LogP contribution in [0.1, 0.15) is 96.3 Å². The van der Waals surface area contributed by atoms with Crippen LogP contribution in [-0.4, -0.2) is 108 Å². The van der Waals surface area contributed by atoms with Crippen LogP contribution in [-0.2, 0) is 19.1 Å². The zero-order chi connectivity index (χ0) is 43.5. The van der Waals surface area contributed by atoms with Gasteiger partial charge in [-0.1, -0.05) is 57.4 Å². The topological polar surface area (TPSA) is 228 Å². The first kappa shape index (κ1) is 51.5. The lowest BCUT2D eigenvalue weighted by atomic mass is 10.1. The maximum atomic E-state index is 13.1. The monoisotopic (exact) mass is 829 g/mol. The molecule has 4 atom stereocenters. The summed E-state index contributed by atoms with van der Waals surface area (Å²) in [6.07, 6.45) is 13.6. The number of unbranched alkanes of at least 4 members (excludes halogenated alkanes) is 3. The number of amides is 4. The Morgan fingerprint density at radius 1 is 1.05 bits per heavy atom. The Bertz CT molecular complexity index is 1550. The van der Waals surface area contributed by atoms with E-state index >= 15 is 0 Å². The van der Waals surface area contributed by atoms with Gasteiger partial charge in [0.15, 0.2) is 0 Å². The van der Waals surface area contributed by atoms with Crippen LogP contribution in [0.4, 0.5) is 0 Å². The number of rotatable bonds is 22. The molecule has 0 aromatic heterocycles. The molecular weight excluding hydrogens is 763 g/mol. The second-order valence-electron chi connectivity index (χ2n) is 14.0. The molecule has 1 aromatic carbocycles. The van der Waals surface area contributed by atoms with Gasteiger partial charge in [-0.25, -0.2) is 0 Å². The summed E-state index contributed by atoms with van der Waals surface area (Å²) < 4.78 is 10.5. The lowest BCUT2D eigenvalue weighted by Gasteiger charge is -2.30. The summed E-state index contributed by atoms with van der Waals surface area (Å²) in [5.74, 6) is 0.214. The summed E-state index contributed by atoms with van der Waals surface area (Å²) in [5.41, 5.74) is 7.87. The molecule has 0 bridgehead atoms. The molecule has 3 unspecified atom stereocenters. The Labute approximate surface area is 348 Å². The second-order valence-corrected chi connectivity index (χ2v) is 15.1. The molecule has 3 rings (SSSR count). The van der Waals surface area contributed by atoms with Crippen molar-refractivity contribution in [1.29, 1.82) is 5.41 Å². The third kappa shape index (κ3) is 19.8. The standard InChI is InChI=1S/C31H41N5O4S.C11H24N2O2.H2O2/c1-6-7-19(2)8-10-21(4)40-25-13-11-23(12-14-25)30(38)34-17-28(37)36-20(3)9-15-26(36)31(39)35-22(5)27-16-24(18-41-27)29(32)33;1-3-4-5-6-7-12-10-11(14)13-8-9-15-2;1-2/h7-8,10-14,18,20,22,26-27H,4,6,9,15-17H2,1-3,5H3,(H3,32,33)(H,34,38)(H,35,39);12H,3-10H2,1-2H3,(H,13,14);1-2H/b10-8-,19-7-;;/t20?,22-,26?,27?;;/m1../s1. The number of carbonyl (C=O) groups is 4. The number of amidine groups is 1. The number of hydrogen-bond acceptors (Lipinski definition) is 11. The van der Waals surface area contributed by atoms with Crippen LogP contribution < -0.4 is 31.7 Å². The number of likely N-dealkylation sites (tertiary alicyclic amines) is 1. The van der Waals surface area contributed by atoms with Gasteiger partial charge in [-0.2, -0.15) is 0 Å². The summed E-state index contributed by atoms with van der Waals surface area (Å²) in [5, 5.41) is 33.2. The van der Waals surface area contributed by atoms with Crippen molar-refractivity contribution < 1.29 is 39.2 Å². The molecule has 0 radical (unpaired) electrons. The van der Waals surface area contributed by atoms with Gasteiger partial charge >= 0.3 is 0 Å². The minimum Gasteiger partial charge on any atom is -0.458 e. The molecular formula is C42H67N7O8S. The maximum absolute atomic E-state index is 13.1. The predicted molar refractivity (Wildman–Crippen MR) is 232 cm³/mol. The Morgan fingerprint density at radius 2 is 1.76 bits per heavy atom. The number of methoxy groups -OCH3 is 1. The van der Waals surface area contributed by atoms with Gasteiger partial charge in [0, 0.05) is 42.1 Å². The number of nitrogens with zero attached hydrogens (tertiary/aromatic N) is 1. The van der Waals surface area contributed by atoms with Crippen molar-refractivity contribution in [2.45, 2.75) is 109 Å². The minimum absolute atomic E-state index is 0.0440. The van der Waals surface area contributed by atoms with E-state index in [1.807, 2.05) is 32.3 Å². The summed E-state index contributed by atoms with van der Waals surface area (Å²) in [7, 11) is 1.62. The number of nitrogens with two attached hydrogens (primary N) is 1. The van der Waals surface area contributed by atoms with Gasteiger partial charge in [-0.05, 0) is 95.2 Å². The minimum atomic E-state index is -0.594. The maximum Gasteiger partial charge on any atom is 0.251 e. The Morgan fingerprint density at radius 3 is 2.38 bits per heavy atom. The largest absolute Gasteiger partial charge is 0.458 e. The van der Waals surface area contributed by atoms with Crippen LogP contribution in [0.3, 0.4) is 0 Å². The lowest BCUT2D eigenvalue weighted by molar-refractivity contribution is -0.176. The summed E-state index contributed by atoms with van der Waals surface area (Å²) >= 11 is 1.55. The summed E-state index contributed by atoms with van der Waals surface area (Å²) in [6.45, 7) is 16.3. The highest BCUT2D eigenvalue weighted by molar-refractivity contribution is 8.03. The number of nitrogens with one attached hydrogen (secondary N) is 5. The molecule has 1 aromatic rings. The molecule has 1 saturated heterocycles. The van der Waals surface area contributed by atoms with E-state index in [0.29, 0.717) is 56.0 Å². The molecule has 4 amide bonds. The van der Waals surface area contributed by atoms with Crippen molar-refractivity contribution in [2.24, 2.45) is 5.73 Å². The molecule has 58 heavy (non-hydrogen) atoms. The SMILES string of the molecule is C=C(/C=C\C(C)=C/CC)Oc1ccc(C(=O)NCC(=O)N2C(C)CCC2C(=O)N[C@H](C)C2CC(C(=N)N)=CS2)cc1.CCCCCCNCC(=O)NCCOC.OO. The van der Waals surface area contributed by atoms with Gasteiger partial charge in [0.2, 0.25) is 17.7 Å². The van der Waals surface area contributed by atoms with Gasteiger partial charge in [-0.3, -0.25) is 35.1 Å². The van der Waals surface area contributed by atoms with Crippen molar-refractivity contribution in [3.05, 3.63) is 76.9 Å². The first-order valence-corrected chi connectivity index (χ1v) is 20.8. The Balaban J connectivity index is 0.000000833. The Kier molecular flexibility index (Phi) is 26.4. The number of ether oxygens (including phenoxy) is 2. The quantitative estimate of drug-likeness (QED) is 0.0141. The van der Waals surface area contributed by atoms with Crippen LogP contribution in [0, 0.1) is 5.41 Å². The molecule has 0 saturated carbocycles. The molecule has 2 aliphatic heterocycles. The van der Waals surface area contributed by atoms with Crippen LogP contribution in [0.2, 0.25) is 0 Å². The van der Waals surface area contributed by atoms with Crippen molar-refractivity contribution >= 4 is 41.2 Å². The molecule has 324 valence electrons. The van der Waals surface area contributed by atoms with E-state index in [9.17, 15) is 19.2 Å². The van der Waals surface area contributed by atoms with Crippen molar-refractivity contribution in [1.82, 2.24) is 26.2 Å². The fraction of sp³-hybridized carbons (Fsp3) is 0.548. The predicted octanol–water partition coefficient (Wildman–Crippen LogP) is 5.37. The third-order valence-electron chi connectivity index (χ3n) is 9.28. The van der Waals surface area contributed by atoms with E-state index in [1.54, 1.807) is 54.1 Å². The zero-order valence-corrected chi connectivity index (χ0v) is 35.9. The van der Waals surface area contributed by atoms with Gasteiger partial charge in [0.25, 0.3) is 5.91 Å². The smallest absolute Gasteiger partial charge is 0.251 e. The van der Waals surface area contributed by atoms with Crippen molar-refractivity contribution in [3.63, 3.8) is 0 Å². The Hall–Kier alpha value is -4.48. The highest BCUT2D eigenvalue weighted by atomic mass is 32.2. The number of allylic oxidation sites excluding steroid dienone is 4. The second kappa shape index (κ2) is 29.7. The van der Waals surface area contributed by atoms with Crippen LogP contribution in [0.15, 0.2) is 71.4 Å². The lowest BCUT2D eigenvalue weighted by Crippen LogP contribution is -2.53. The first-order chi connectivity index (χ1) is 27.8. The summed E-state index contributed by atoms with van der Waals surface area (Å²) in [6, 6.07) is 5.73. The molecule has 1 fully saturated rings. The average Bonchev–Trinajstić information content (AvgIpc) is 3.87. The molecule has 16 heteroatoms. The first-order valence-electron chi connectivity index (χ1n) is 19.9. The van der Waals surface area contributed by atoms with E-state index in [2.05, 4.69) is 47.8 Å². The van der Waals surface area contributed by atoms with Crippen LogP contribution in [0.5, 0.6) is 5.75 Å². The molecule has 2 aliphatic rings. The average molecular weight is 830 g/mol. The molecule has 0 spiro atoms. The van der Waals surface area contributed by atoms with Crippen LogP contribution >= 0.6 is 11.8 Å². The van der Waals surface area contributed by atoms with E-state index < -0.39 is 11.9 Å². The van der Waals surface area contributed by atoms with Gasteiger partial charge in [0.05, 0.1) is 19.7 Å². The van der Waals surface area contributed by atoms with E-state index in [1.165, 1.54) is 19.3 Å². The highest BCUT2D eigenvalue weighted by Gasteiger charge is 2.39. The number of carbonyl (C=O) groups excluding carboxylic acids is 4. The van der Waals surface area contributed by atoms with Gasteiger partial charge < -0.3 is 41.4 Å².